The van der Waals surface area contributed by atoms with Crippen LogP contribution in [0.1, 0.15) is 31.7 Å². The predicted molar refractivity (Wildman–Crippen MR) is 79.7 cm³/mol. The molecule has 1 aromatic rings. The molecule has 0 atom stereocenters. The van der Waals surface area contributed by atoms with Gasteiger partial charge in [-0.05, 0) is 31.0 Å². The van der Waals surface area contributed by atoms with Crippen LogP contribution in [-0.4, -0.2) is 36.0 Å². The number of hydrogen-bond acceptors (Lipinski definition) is 3. The first-order valence-corrected chi connectivity index (χ1v) is 7.28. The molecule has 1 heterocycles. The number of hydrogen-bond donors (Lipinski definition) is 1. The summed E-state index contributed by atoms with van der Waals surface area (Å²) in [5.41, 5.74) is 7.16. The highest BCUT2D eigenvalue weighted by Crippen LogP contribution is 2.23. The molecule has 0 spiro atoms. The molecule has 1 aromatic carbocycles. The predicted octanol–water partition coefficient (Wildman–Crippen LogP) is 2.10. The fourth-order valence-electron chi connectivity index (χ4n) is 2.67. The summed E-state index contributed by atoms with van der Waals surface area (Å²) in [5, 5.41) is 0. The van der Waals surface area contributed by atoms with Crippen molar-refractivity contribution in [3.8, 4) is 5.75 Å². The van der Waals surface area contributed by atoms with Gasteiger partial charge in [0.15, 0.2) is 0 Å². The van der Waals surface area contributed by atoms with Crippen LogP contribution < -0.4 is 10.5 Å². The van der Waals surface area contributed by atoms with E-state index in [1.54, 1.807) is 0 Å². The molecule has 1 aliphatic rings. The first-order chi connectivity index (χ1) is 9.52. The van der Waals surface area contributed by atoms with Crippen LogP contribution in [0.15, 0.2) is 24.3 Å². The van der Waals surface area contributed by atoms with Gasteiger partial charge in [0.05, 0.1) is 18.6 Å². The molecule has 110 valence electrons. The zero-order valence-corrected chi connectivity index (χ0v) is 12.4. The molecule has 4 nitrogen and oxygen atoms in total. The number of nitrogens with zero attached hydrogens (tertiary/aromatic N) is 1. The third kappa shape index (κ3) is 3.73. The number of likely N-dealkylation sites (tertiary alicyclic amines) is 1. The summed E-state index contributed by atoms with van der Waals surface area (Å²) < 4.78 is 5.60. The quantitative estimate of drug-likeness (QED) is 0.865. The maximum Gasteiger partial charge on any atom is 0.226 e. The topological polar surface area (TPSA) is 55.6 Å². The third-order valence-corrected chi connectivity index (χ3v) is 3.69. The van der Waals surface area contributed by atoms with Gasteiger partial charge in [-0.3, -0.25) is 4.79 Å². The van der Waals surface area contributed by atoms with Crippen LogP contribution in [-0.2, 0) is 4.79 Å². The molecule has 2 N–H and O–H groups in total. The minimum absolute atomic E-state index is 0.134. The molecule has 0 radical (unpaired) electrons. The molecule has 4 heteroatoms. The van der Waals surface area contributed by atoms with Crippen LogP contribution >= 0.6 is 0 Å². The number of nitrogens with two attached hydrogens (primary N) is 1. The molecule has 0 aliphatic carbocycles. The van der Waals surface area contributed by atoms with Crippen LogP contribution in [0.4, 0.5) is 0 Å². The van der Waals surface area contributed by atoms with Gasteiger partial charge in [0, 0.05) is 13.1 Å². The summed E-state index contributed by atoms with van der Waals surface area (Å²) in [6, 6.07) is 7.86. The molecule has 0 bridgehead atoms. The molecule has 1 fully saturated rings. The minimum Gasteiger partial charge on any atom is -0.493 e. The van der Waals surface area contributed by atoms with E-state index in [4.69, 9.17) is 10.5 Å². The Kier molecular flexibility index (Phi) is 4.65. The van der Waals surface area contributed by atoms with Crippen LogP contribution in [0, 0.1) is 6.92 Å². The third-order valence-electron chi connectivity index (χ3n) is 3.69. The first-order valence-electron chi connectivity index (χ1n) is 7.28. The van der Waals surface area contributed by atoms with E-state index in [1.807, 2.05) is 36.1 Å². The van der Waals surface area contributed by atoms with Crippen molar-refractivity contribution < 1.29 is 9.53 Å². The maximum atomic E-state index is 12.0. The average Bonchev–Trinajstić information content (AvgIpc) is 2.36. The van der Waals surface area contributed by atoms with Gasteiger partial charge >= 0.3 is 0 Å². The van der Waals surface area contributed by atoms with Crippen molar-refractivity contribution in [2.75, 3.05) is 19.7 Å². The lowest BCUT2D eigenvalue weighted by molar-refractivity contribution is -0.139. The molecule has 2 rings (SSSR count). The van der Waals surface area contributed by atoms with Gasteiger partial charge in [0.25, 0.3) is 0 Å². The van der Waals surface area contributed by atoms with Gasteiger partial charge in [0.2, 0.25) is 5.91 Å². The van der Waals surface area contributed by atoms with E-state index in [1.165, 1.54) is 0 Å². The monoisotopic (exact) mass is 276 g/mol. The summed E-state index contributed by atoms with van der Waals surface area (Å²) in [5.74, 6) is 0.954. The van der Waals surface area contributed by atoms with E-state index in [9.17, 15) is 4.79 Å². The number of amides is 1. The molecular weight excluding hydrogens is 252 g/mol. The second-order valence-electron chi connectivity index (χ2n) is 5.78. The van der Waals surface area contributed by atoms with Gasteiger partial charge < -0.3 is 15.4 Å². The largest absolute Gasteiger partial charge is 0.493 e. The van der Waals surface area contributed by atoms with Crippen molar-refractivity contribution >= 4 is 5.91 Å². The van der Waals surface area contributed by atoms with Gasteiger partial charge in [-0.25, -0.2) is 0 Å². The van der Waals surface area contributed by atoms with E-state index < -0.39 is 0 Å². The fourth-order valence-corrected chi connectivity index (χ4v) is 2.67. The summed E-state index contributed by atoms with van der Waals surface area (Å²) in [6.45, 7) is 5.93. The van der Waals surface area contributed by atoms with Crippen molar-refractivity contribution in [3.05, 3.63) is 29.8 Å². The highest BCUT2D eigenvalue weighted by Gasteiger charge is 2.40. The van der Waals surface area contributed by atoms with Crippen LogP contribution in [0.25, 0.3) is 0 Å². The number of carbonyl (C=O) groups is 1. The Bertz CT molecular complexity index is 467. The van der Waals surface area contributed by atoms with Crippen molar-refractivity contribution in [2.45, 2.75) is 38.6 Å². The van der Waals surface area contributed by atoms with Gasteiger partial charge in [-0.1, -0.05) is 25.5 Å². The lowest BCUT2D eigenvalue weighted by Crippen LogP contribution is -2.68. The zero-order chi connectivity index (χ0) is 14.6. The Hall–Kier alpha value is -1.55. The smallest absolute Gasteiger partial charge is 0.226 e. The normalized spacial score (nSPS) is 16.6. The molecule has 0 aromatic heterocycles. The Morgan fingerprint density at radius 2 is 2.20 bits per heavy atom. The summed E-state index contributed by atoms with van der Waals surface area (Å²) in [7, 11) is 0. The Balaban J connectivity index is 1.69. The van der Waals surface area contributed by atoms with Crippen molar-refractivity contribution in [2.24, 2.45) is 5.73 Å². The standard InChI is InChI=1S/C16H24N2O2/c1-3-8-16(17)11-18(12-16)15(19)7-9-20-14-6-4-5-13(2)10-14/h4-6,10H,3,7-9,11-12,17H2,1-2H3. The Morgan fingerprint density at radius 1 is 1.45 bits per heavy atom. The Labute approximate surface area is 120 Å². The highest BCUT2D eigenvalue weighted by atomic mass is 16.5. The van der Waals surface area contributed by atoms with Crippen LogP contribution in [0.3, 0.4) is 0 Å². The van der Waals surface area contributed by atoms with Crippen molar-refractivity contribution in [3.63, 3.8) is 0 Å². The summed E-state index contributed by atoms with van der Waals surface area (Å²) in [4.78, 5) is 13.8. The number of carbonyl (C=O) groups excluding carboxylic acids is 1. The first kappa shape index (κ1) is 14.9. The lowest BCUT2D eigenvalue weighted by atomic mass is 9.86. The molecule has 1 saturated heterocycles. The second-order valence-corrected chi connectivity index (χ2v) is 5.78. The van der Waals surface area contributed by atoms with E-state index in [2.05, 4.69) is 6.92 Å². The van der Waals surface area contributed by atoms with Crippen molar-refractivity contribution in [1.82, 2.24) is 4.90 Å². The lowest BCUT2D eigenvalue weighted by Gasteiger charge is -2.47. The highest BCUT2D eigenvalue weighted by molar-refractivity contribution is 5.77. The minimum atomic E-state index is -0.151. The number of ether oxygens (including phenoxy) is 1. The van der Waals surface area contributed by atoms with Gasteiger partial charge in [-0.15, -0.1) is 0 Å². The maximum absolute atomic E-state index is 12.0. The molecule has 0 saturated carbocycles. The SMILES string of the molecule is CCCC1(N)CN(C(=O)CCOc2cccc(C)c2)C1. The molecule has 1 amide bonds. The Morgan fingerprint density at radius 3 is 2.85 bits per heavy atom. The molecule has 0 unspecified atom stereocenters. The number of aryl methyl sites for hydroxylation is 1. The summed E-state index contributed by atoms with van der Waals surface area (Å²) in [6.07, 6.45) is 2.46. The molecular formula is C16H24N2O2. The molecule has 1 aliphatic heterocycles. The average molecular weight is 276 g/mol. The van der Waals surface area contributed by atoms with E-state index in [0.717, 1.165) is 24.2 Å². The van der Waals surface area contributed by atoms with Crippen molar-refractivity contribution in [1.29, 1.82) is 0 Å². The van der Waals surface area contributed by atoms with Crippen LogP contribution in [0.5, 0.6) is 5.75 Å². The zero-order valence-electron chi connectivity index (χ0n) is 12.4. The summed E-state index contributed by atoms with van der Waals surface area (Å²) >= 11 is 0. The van der Waals surface area contributed by atoms with Gasteiger partial charge in [0.1, 0.15) is 5.75 Å². The van der Waals surface area contributed by atoms with E-state index in [-0.39, 0.29) is 11.4 Å². The van der Waals surface area contributed by atoms with E-state index >= 15 is 0 Å². The second kappa shape index (κ2) is 6.27. The van der Waals surface area contributed by atoms with E-state index in [0.29, 0.717) is 26.1 Å². The van der Waals surface area contributed by atoms with Gasteiger partial charge in [-0.2, -0.15) is 0 Å². The molecule has 20 heavy (non-hydrogen) atoms. The van der Waals surface area contributed by atoms with Crippen LogP contribution in [0.2, 0.25) is 0 Å². The number of rotatable bonds is 6. The fraction of sp³-hybridized carbons (Fsp3) is 0.562. The number of benzene rings is 1.